The first-order chi connectivity index (χ1) is 10.3. The third-order valence-electron chi connectivity index (χ3n) is 3.07. The first-order valence-corrected chi connectivity index (χ1v) is 6.41. The monoisotopic (exact) mass is 279 g/mol. The molecule has 3 aromatic rings. The van der Waals surface area contributed by atoms with Gasteiger partial charge in [-0.3, -0.25) is 14.8 Å². The van der Waals surface area contributed by atoms with Crippen LogP contribution in [0.1, 0.15) is 10.4 Å². The van der Waals surface area contributed by atoms with Gasteiger partial charge in [-0.15, -0.1) is 0 Å². The maximum Gasteiger partial charge on any atom is 0.257 e. The Hall–Kier alpha value is -2.95. The number of hydrogen-bond donors (Lipinski definition) is 1. The lowest BCUT2D eigenvalue weighted by Gasteiger charge is -2.06. The summed E-state index contributed by atoms with van der Waals surface area (Å²) in [5, 5.41) is 3.66. The van der Waals surface area contributed by atoms with Gasteiger partial charge in [0, 0.05) is 23.8 Å². The van der Waals surface area contributed by atoms with Gasteiger partial charge >= 0.3 is 0 Å². The highest BCUT2D eigenvalue weighted by molar-refractivity contribution is 6.05. The van der Waals surface area contributed by atoms with Gasteiger partial charge in [0.05, 0.1) is 30.1 Å². The van der Waals surface area contributed by atoms with Gasteiger partial charge in [0.25, 0.3) is 5.91 Å². The van der Waals surface area contributed by atoms with E-state index in [0.717, 1.165) is 16.7 Å². The summed E-state index contributed by atoms with van der Waals surface area (Å²) in [6, 6.07) is 10.9. The van der Waals surface area contributed by atoms with E-state index < -0.39 is 0 Å². The summed E-state index contributed by atoms with van der Waals surface area (Å²) in [6.07, 6.45) is 4.80. The molecule has 104 valence electrons. The van der Waals surface area contributed by atoms with Crippen LogP contribution in [0.2, 0.25) is 0 Å². The lowest BCUT2D eigenvalue weighted by molar-refractivity contribution is 0.102. The maximum absolute atomic E-state index is 12.2. The van der Waals surface area contributed by atoms with Crippen molar-refractivity contribution in [2.45, 2.75) is 0 Å². The van der Waals surface area contributed by atoms with Crippen LogP contribution in [0.25, 0.3) is 10.9 Å². The zero-order valence-corrected chi connectivity index (χ0v) is 11.4. The van der Waals surface area contributed by atoms with Crippen LogP contribution in [0.3, 0.4) is 0 Å². The van der Waals surface area contributed by atoms with E-state index in [2.05, 4.69) is 15.3 Å². The summed E-state index contributed by atoms with van der Waals surface area (Å²) in [4.78, 5) is 20.4. The molecule has 5 nitrogen and oxygen atoms in total. The number of methoxy groups -OCH3 is 1. The highest BCUT2D eigenvalue weighted by atomic mass is 16.5. The van der Waals surface area contributed by atoms with Crippen molar-refractivity contribution in [3.63, 3.8) is 0 Å². The van der Waals surface area contributed by atoms with Crippen molar-refractivity contribution in [2.75, 3.05) is 12.4 Å². The lowest BCUT2D eigenvalue weighted by atomic mass is 10.1. The van der Waals surface area contributed by atoms with Crippen molar-refractivity contribution in [1.29, 1.82) is 0 Å². The summed E-state index contributed by atoms with van der Waals surface area (Å²) >= 11 is 0. The Kier molecular flexibility index (Phi) is 3.47. The van der Waals surface area contributed by atoms with Gasteiger partial charge in [-0.2, -0.15) is 0 Å². The van der Waals surface area contributed by atoms with E-state index >= 15 is 0 Å². The fourth-order valence-electron chi connectivity index (χ4n) is 1.99. The SMILES string of the molecule is COc1ccc2cc(C(=O)Nc3cccnc3)cnc2c1. The fourth-order valence-corrected chi connectivity index (χ4v) is 1.99. The average Bonchev–Trinajstić information content (AvgIpc) is 2.54. The molecule has 0 saturated carbocycles. The number of hydrogen-bond acceptors (Lipinski definition) is 4. The predicted molar refractivity (Wildman–Crippen MR) is 80.5 cm³/mol. The average molecular weight is 279 g/mol. The summed E-state index contributed by atoms with van der Waals surface area (Å²) in [5.41, 5.74) is 1.93. The Labute approximate surface area is 121 Å². The van der Waals surface area contributed by atoms with E-state index in [1.54, 1.807) is 43.9 Å². The van der Waals surface area contributed by atoms with Crippen molar-refractivity contribution in [1.82, 2.24) is 9.97 Å². The Morgan fingerprint density at radius 3 is 2.86 bits per heavy atom. The summed E-state index contributed by atoms with van der Waals surface area (Å²) in [7, 11) is 1.61. The highest BCUT2D eigenvalue weighted by Crippen LogP contribution is 2.20. The van der Waals surface area contributed by atoms with Crippen LogP contribution in [0.15, 0.2) is 55.0 Å². The number of fused-ring (bicyclic) bond motifs is 1. The van der Waals surface area contributed by atoms with Gasteiger partial charge in [-0.25, -0.2) is 0 Å². The van der Waals surface area contributed by atoms with Crippen molar-refractivity contribution >= 4 is 22.5 Å². The molecule has 0 radical (unpaired) electrons. The first-order valence-electron chi connectivity index (χ1n) is 6.41. The molecule has 2 heterocycles. The molecule has 0 atom stereocenters. The maximum atomic E-state index is 12.2. The number of carbonyl (C=O) groups excluding carboxylic acids is 1. The van der Waals surface area contributed by atoms with E-state index in [1.165, 1.54) is 0 Å². The lowest BCUT2D eigenvalue weighted by Crippen LogP contribution is -2.12. The van der Waals surface area contributed by atoms with E-state index in [9.17, 15) is 4.79 Å². The van der Waals surface area contributed by atoms with Gasteiger partial charge in [-0.1, -0.05) is 0 Å². The summed E-state index contributed by atoms with van der Waals surface area (Å²) in [6.45, 7) is 0. The second-order valence-corrected chi connectivity index (χ2v) is 4.48. The topological polar surface area (TPSA) is 64.1 Å². The minimum atomic E-state index is -0.215. The first kappa shape index (κ1) is 13.1. The number of anilines is 1. The molecule has 21 heavy (non-hydrogen) atoms. The molecule has 0 unspecified atom stereocenters. The molecule has 2 aromatic heterocycles. The molecular weight excluding hydrogens is 266 g/mol. The fraction of sp³-hybridized carbons (Fsp3) is 0.0625. The number of carbonyl (C=O) groups is 1. The Morgan fingerprint density at radius 1 is 1.19 bits per heavy atom. The predicted octanol–water partition coefficient (Wildman–Crippen LogP) is 2.89. The zero-order valence-electron chi connectivity index (χ0n) is 11.4. The molecule has 1 amide bonds. The van der Waals surface area contributed by atoms with Crippen LogP contribution in [-0.2, 0) is 0 Å². The van der Waals surface area contributed by atoms with Crippen molar-refractivity contribution in [2.24, 2.45) is 0 Å². The second kappa shape index (κ2) is 5.58. The Morgan fingerprint density at radius 2 is 2.10 bits per heavy atom. The van der Waals surface area contributed by atoms with Crippen LogP contribution in [0.4, 0.5) is 5.69 Å². The van der Waals surface area contributed by atoms with Crippen LogP contribution >= 0.6 is 0 Å². The molecule has 0 spiro atoms. The largest absolute Gasteiger partial charge is 0.497 e. The van der Waals surface area contributed by atoms with Crippen LogP contribution in [0.5, 0.6) is 5.75 Å². The second-order valence-electron chi connectivity index (χ2n) is 4.48. The highest BCUT2D eigenvalue weighted by Gasteiger charge is 2.08. The molecule has 1 aromatic carbocycles. The summed E-state index contributed by atoms with van der Waals surface area (Å²) < 4.78 is 5.15. The molecule has 3 rings (SSSR count). The molecule has 0 aliphatic heterocycles. The number of nitrogens with zero attached hydrogens (tertiary/aromatic N) is 2. The molecule has 5 heteroatoms. The van der Waals surface area contributed by atoms with Crippen LogP contribution in [0, 0.1) is 0 Å². The standard InChI is InChI=1S/C16H13N3O2/c1-21-14-5-4-11-7-12(9-18-15(11)8-14)16(20)19-13-3-2-6-17-10-13/h2-10H,1H3,(H,19,20). The number of benzene rings is 1. The third kappa shape index (κ3) is 2.81. The molecule has 0 aliphatic rings. The number of rotatable bonds is 3. The number of aromatic nitrogens is 2. The number of nitrogens with one attached hydrogen (secondary N) is 1. The molecule has 0 aliphatic carbocycles. The Balaban J connectivity index is 1.88. The van der Waals surface area contributed by atoms with Crippen LogP contribution in [-0.4, -0.2) is 23.0 Å². The molecule has 1 N–H and O–H groups in total. The normalized spacial score (nSPS) is 10.3. The van der Waals surface area contributed by atoms with Gasteiger partial charge in [0.15, 0.2) is 0 Å². The minimum absolute atomic E-state index is 0.215. The third-order valence-corrected chi connectivity index (χ3v) is 3.07. The smallest absolute Gasteiger partial charge is 0.257 e. The van der Waals surface area contributed by atoms with E-state index in [1.807, 2.05) is 18.2 Å². The molecule has 0 fully saturated rings. The Bertz CT molecular complexity index is 788. The number of ether oxygens (including phenoxy) is 1. The molecular formula is C16H13N3O2. The summed E-state index contributed by atoms with van der Waals surface area (Å²) in [5.74, 6) is 0.524. The number of amides is 1. The van der Waals surface area contributed by atoms with E-state index in [4.69, 9.17) is 4.74 Å². The van der Waals surface area contributed by atoms with Crippen molar-refractivity contribution in [3.8, 4) is 5.75 Å². The molecule has 0 bridgehead atoms. The van der Waals surface area contributed by atoms with E-state index in [0.29, 0.717) is 11.3 Å². The molecule has 0 saturated heterocycles. The number of pyridine rings is 2. The van der Waals surface area contributed by atoms with Gasteiger partial charge in [0.2, 0.25) is 0 Å². The minimum Gasteiger partial charge on any atom is -0.497 e. The van der Waals surface area contributed by atoms with Gasteiger partial charge < -0.3 is 10.1 Å². The quantitative estimate of drug-likeness (QED) is 0.800. The van der Waals surface area contributed by atoms with Crippen LogP contribution < -0.4 is 10.1 Å². The van der Waals surface area contributed by atoms with Gasteiger partial charge in [-0.05, 0) is 30.3 Å². The van der Waals surface area contributed by atoms with Crippen molar-refractivity contribution < 1.29 is 9.53 Å². The van der Waals surface area contributed by atoms with E-state index in [-0.39, 0.29) is 5.91 Å². The van der Waals surface area contributed by atoms with Gasteiger partial charge in [0.1, 0.15) is 5.75 Å². The zero-order chi connectivity index (χ0) is 14.7. The van der Waals surface area contributed by atoms with Crippen molar-refractivity contribution in [3.05, 3.63) is 60.6 Å².